The molecule has 2 nitrogen and oxygen atoms in total. The minimum Gasteiger partial charge on any atom is -0.310 e. The zero-order valence-corrected chi connectivity index (χ0v) is 26.2. The molecule has 0 amide bonds. The van der Waals surface area contributed by atoms with Crippen molar-refractivity contribution in [3.8, 4) is 22.3 Å². The Morgan fingerprint density at radius 3 is 0.891 bits per heavy atom. The van der Waals surface area contributed by atoms with Crippen molar-refractivity contribution in [1.82, 2.24) is 0 Å². The van der Waals surface area contributed by atoms with Crippen LogP contribution in [0.2, 0.25) is 0 Å². The second kappa shape index (κ2) is 13.0. The standard InChI is InChI=1S/C44H36N2/c1-33-11-9-17-43(31-33)45(39-23-19-37(20-24-39)35-13-5-3-6-14-35)41-27-29-42(30-28-41)46(44-18-10-12-34(2)32-44)40-25-21-38(22-26-40)36-15-7-4-8-16-36/h3-32H,1-2H3. The van der Waals surface area contributed by atoms with Crippen LogP contribution in [0.25, 0.3) is 22.3 Å². The predicted octanol–water partition coefficient (Wildman–Crippen LogP) is 12.6. The summed E-state index contributed by atoms with van der Waals surface area (Å²) >= 11 is 0. The predicted molar refractivity (Wildman–Crippen MR) is 196 cm³/mol. The van der Waals surface area contributed by atoms with E-state index in [0.29, 0.717) is 0 Å². The van der Waals surface area contributed by atoms with Crippen LogP contribution in [0.4, 0.5) is 34.1 Å². The average Bonchev–Trinajstić information content (AvgIpc) is 3.11. The smallest absolute Gasteiger partial charge is 0.0464 e. The number of benzene rings is 7. The van der Waals surface area contributed by atoms with Gasteiger partial charge in [-0.3, -0.25) is 0 Å². The molecule has 222 valence electrons. The highest BCUT2D eigenvalue weighted by Gasteiger charge is 2.17. The van der Waals surface area contributed by atoms with E-state index >= 15 is 0 Å². The summed E-state index contributed by atoms with van der Waals surface area (Å²) in [5, 5.41) is 0. The molecule has 7 rings (SSSR count). The van der Waals surface area contributed by atoms with Gasteiger partial charge in [-0.25, -0.2) is 0 Å². The Kier molecular flexibility index (Phi) is 8.17. The van der Waals surface area contributed by atoms with Crippen LogP contribution in [0.1, 0.15) is 11.1 Å². The number of hydrogen-bond acceptors (Lipinski definition) is 2. The lowest BCUT2D eigenvalue weighted by atomic mass is 10.0. The largest absolute Gasteiger partial charge is 0.310 e. The van der Waals surface area contributed by atoms with Crippen molar-refractivity contribution in [1.29, 1.82) is 0 Å². The molecule has 0 aliphatic heterocycles. The summed E-state index contributed by atoms with van der Waals surface area (Å²) in [5.74, 6) is 0. The molecule has 0 atom stereocenters. The number of hydrogen-bond donors (Lipinski definition) is 0. The quantitative estimate of drug-likeness (QED) is 0.173. The highest BCUT2D eigenvalue weighted by Crippen LogP contribution is 2.40. The number of aryl methyl sites for hydroxylation is 2. The van der Waals surface area contributed by atoms with E-state index in [1.54, 1.807) is 0 Å². The van der Waals surface area contributed by atoms with Crippen molar-refractivity contribution in [2.45, 2.75) is 13.8 Å². The monoisotopic (exact) mass is 592 g/mol. The Balaban J connectivity index is 1.27. The van der Waals surface area contributed by atoms with E-state index in [-0.39, 0.29) is 0 Å². The van der Waals surface area contributed by atoms with Crippen LogP contribution in [0.5, 0.6) is 0 Å². The van der Waals surface area contributed by atoms with Crippen molar-refractivity contribution in [2.75, 3.05) is 9.80 Å². The van der Waals surface area contributed by atoms with Gasteiger partial charge in [0, 0.05) is 34.1 Å². The van der Waals surface area contributed by atoms with Gasteiger partial charge in [0.25, 0.3) is 0 Å². The highest BCUT2D eigenvalue weighted by molar-refractivity contribution is 5.82. The topological polar surface area (TPSA) is 6.48 Å². The first-order chi connectivity index (χ1) is 22.6. The van der Waals surface area contributed by atoms with Crippen LogP contribution >= 0.6 is 0 Å². The molecule has 0 spiro atoms. The third kappa shape index (κ3) is 6.20. The molecule has 0 N–H and O–H groups in total. The van der Waals surface area contributed by atoms with E-state index < -0.39 is 0 Å². The molecular weight excluding hydrogens is 556 g/mol. The molecule has 0 bridgehead atoms. The number of anilines is 6. The Hall–Kier alpha value is -5.86. The summed E-state index contributed by atoms with van der Waals surface area (Å²) in [4.78, 5) is 4.66. The summed E-state index contributed by atoms with van der Waals surface area (Å²) < 4.78 is 0. The summed E-state index contributed by atoms with van der Waals surface area (Å²) in [6, 6.07) is 65.1. The van der Waals surface area contributed by atoms with Gasteiger partial charge in [-0.1, -0.05) is 109 Å². The van der Waals surface area contributed by atoms with Crippen LogP contribution in [0.15, 0.2) is 182 Å². The minimum absolute atomic E-state index is 1.10. The first kappa shape index (κ1) is 28.9. The molecule has 0 aliphatic carbocycles. The second-order valence-corrected chi connectivity index (χ2v) is 11.7. The van der Waals surface area contributed by atoms with Crippen LogP contribution < -0.4 is 9.80 Å². The molecule has 0 unspecified atom stereocenters. The summed E-state index contributed by atoms with van der Waals surface area (Å²) in [6.45, 7) is 4.29. The fourth-order valence-electron chi connectivity index (χ4n) is 6.05. The molecule has 0 saturated heterocycles. The van der Waals surface area contributed by atoms with Crippen LogP contribution in [-0.2, 0) is 0 Å². The maximum Gasteiger partial charge on any atom is 0.0464 e. The third-order valence-electron chi connectivity index (χ3n) is 8.35. The molecule has 0 radical (unpaired) electrons. The van der Waals surface area contributed by atoms with Gasteiger partial charge in [-0.15, -0.1) is 0 Å². The Bertz CT molecular complexity index is 1880. The molecule has 7 aromatic rings. The SMILES string of the molecule is Cc1cccc(N(c2ccc(-c3ccccc3)cc2)c2ccc(N(c3ccc(-c4ccccc4)cc3)c3cccc(C)c3)cc2)c1. The highest BCUT2D eigenvalue weighted by atomic mass is 15.2. The minimum atomic E-state index is 1.10. The van der Waals surface area contributed by atoms with Gasteiger partial charge in [0.1, 0.15) is 0 Å². The van der Waals surface area contributed by atoms with E-state index in [1.165, 1.54) is 33.4 Å². The van der Waals surface area contributed by atoms with Gasteiger partial charge in [-0.05, 0) is 120 Å². The second-order valence-electron chi connectivity index (χ2n) is 11.7. The van der Waals surface area contributed by atoms with E-state index in [1.807, 2.05) is 0 Å². The fourth-order valence-corrected chi connectivity index (χ4v) is 6.05. The molecule has 7 aromatic carbocycles. The van der Waals surface area contributed by atoms with Crippen LogP contribution in [0.3, 0.4) is 0 Å². The van der Waals surface area contributed by atoms with Crippen LogP contribution in [0, 0.1) is 13.8 Å². The van der Waals surface area contributed by atoms with E-state index in [4.69, 9.17) is 0 Å². The lowest BCUT2D eigenvalue weighted by Crippen LogP contribution is -2.12. The van der Waals surface area contributed by atoms with Crippen molar-refractivity contribution in [3.05, 3.63) is 193 Å². The van der Waals surface area contributed by atoms with Gasteiger partial charge >= 0.3 is 0 Å². The molecule has 2 heteroatoms. The third-order valence-corrected chi connectivity index (χ3v) is 8.35. The molecule has 0 aromatic heterocycles. The van der Waals surface area contributed by atoms with Crippen molar-refractivity contribution in [3.63, 3.8) is 0 Å². The molecule has 0 saturated carbocycles. The normalized spacial score (nSPS) is 10.8. The van der Waals surface area contributed by atoms with Gasteiger partial charge in [-0.2, -0.15) is 0 Å². The maximum absolute atomic E-state index is 2.33. The van der Waals surface area contributed by atoms with Gasteiger partial charge in [0.05, 0.1) is 0 Å². The molecular formula is C44H36N2. The maximum atomic E-state index is 2.33. The van der Waals surface area contributed by atoms with Crippen molar-refractivity contribution < 1.29 is 0 Å². The molecule has 0 aliphatic rings. The first-order valence-corrected chi connectivity index (χ1v) is 15.8. The van der Waals surface area contributed by atoms with Gasteiger partial charge in [0.15, 0.2) is 0 Å². The first-order valence-electron chi connectivity index (χ1n) is 15.8. The fraction of sp³-hybridized carbons (Fsp3) is 0.0455. The lowest BCUT2D eigenvalue weighted by molar-refractivity contribution is 1.25. The summed E-state index contributed by atoms with van der Waals surface area (Å²) in [5.41, 5.74) is 14.0. The van der Waals surface area contributed by atoms with Gasteiger partial charge < -0.3 is 9.80 Å². The number of rotatable bonds is 8. The Labute approximate surface area is 272 Å². The zero-order chi connectivity index (χ0) is 31.3. The van der Waals surface area contributed by atoms with Gasteiger partial charge in [0.2, 0.25) is 0 Å². The van der Waals surface area contributed by atoms with E-state index in [9.17, 15) is 0 Å². The van der Waals surface area contributed by atoms with Crippen molar-refractivity contribution in [2.24, 2.45) is 0 Å². The average molecular weight is 593 g/mol. The molecule has 0 fully saturated rings. The number of nitrogens with zero attached hydrogens (tertiary/aromatic N) is 2. The van der Waals surface area contributed by atoms with Crippen LogP contribution in [-0.4, -0.2) is 0 Å². The van der Waals surface area contributed by atoms with E-state index in [2.05, 4.69) is 206 Å². The zero-order valence-electron chi connectivity index (χ0n) is 26.2. The molecule has 46 heavy (non-hydrogen) atoms. The summed E-state index contributed by atoms with van der Waals surface area (Å²) in [7, 11) is 0. The molecule has 0 heterocycles. The summed E-state index contributed by atoms with van der Waals surface area (Å²) in [6.07, 6.45) is 0. The Morgan fingerprint density at radius 1 is 0.261 bits per heavy atom. The lowest BCUT2D eigenvalue weighted by Gasteiger charge is -2.29. The van der Waals surface area contributed by atoms with E-state index in [0.717, 1.165) is 34.1 Å². The Morgan fingerprint density at radius 2 is 0.565 bits per heavy atom. The van der Waals surface area contributed by atoms with Crippen molar-refractivity contribution >= 4 is 34.1 Å².